The molecule has 0 aromatic heterocycles. The number of alkyl halides is 2. The molecule has 4 rings (SSSR count). The van der Waals surface area contributed by atoms with Crippen LogP contribution < -0.4 is 10.1 Å². The molecule has 0 spiro atoms. The van der Waals surface area contributed by atoms with Crippen LogP contribution in [0.5, 0.6) is 5.75 Å². The molecule has 8 heteroatoms. The number of nitrogens with one attached hydrogen (secondary N) is 1. The van der Waals surface area contributed by atoms with E-state index in [1.54, 1.807) is 31.2 Å². The molecule has 1 aliphatic heterocycles. The number of carbonyl (C=O) groups excluding carboxylic acids is 3. The van der Waals surface area contributed by atoms with E-state index in [-0.39, 0.29) is 51.0 Å². The highest BCUT2D eigenvalue weighted by molar-refractivity contribution is 9.12. The molecule has 0 unspecified atom stereocenters. The predicted molar refractivity (Wildman–Crippen MR) is 112 cm³/mol. The Morgan fingerprint density at radius 2 is 1.68 bits per heavy atom. The van der Waals surface area contributed by atoms with Crippen molar-refractivity contribution < 1.29 is 19.1 Å². The molecule has 1 N–H and O–H groups in total. The third-order valence-electron chi connectivity index (χ3n) is 6.22. The van der Waals surface area contributed by atoms with Gasteiger partial charge < -0.3 is 10.1 Å². The number of hydrogen-bond donors (Lipinski definition) is 1. The minimum absolute atomic E-state index is 0.141. The molecule has 1 heterocycles. The molecular weight excluding hydrogens is 492 g/mol. The second-order valence-corrected chi connectivity index (χ2v) is 9.79. The molecule has 1 saturated heterocycles. The van der Waals surface area contributed by atoms with Gasteiger partial charge in [-0.1, -0.05) is 31.9 Å². The summed E-state index contributed by atoms with van der Waals surface area (Å²) in [6.45, 7) is 4.08. The van der Waals surface area contributed by atoms with E-state index in [1.807, 2.05) is 6.92 Å². The lowest BCUT2D eigenvalue weighted by Crippen LogP contribution is -2.46. The number of nitrogens with zero attached hydrogens (tertiary/aromatic N) is 1. The molecule has 1 aromatic carbocycles. The van der Waals surface area contributed by atoms with Crippen molar-refractivity contribution in [3.8, 4) is 5.75 Å². The van der Waals surface area contributed by atoms with E-state index >= 15 is 0 Å². The highest BCUT2D eigenvalue weighted by Crippen LogP contribution is 2.60. The maximum atomic E-state index is 13.0. The number of ether oxygens (including phenoxy) is 1. The number of amides is 3. The second kappa shape index (κ2) is 7.44. The lowest BCUT2D eigenvalue weighted by Gasteiger charge is -2.28. The van der Waals surface area contributed by atoms with Crippen molar-refractivity contribution in [2.45, 2.75) is 36.0 Å². The molecule has 6 nitrogen and oxygen atoms in total. The van der Waals surface area contributed by atoms with E-state index in [4.69, 9.17) is 4.74 Å². The molecule has 2 aliphatic carbocycles. The summed E-state index contributed by atoms with van der Waals surface area (Å²) in [6.07, 6.45) is 0.874. The Morgan fingerprint density at radius 1 is 1.14 bits per heavy atom. The Balaban J connectivity index is 1.47. The number of fused-ring (bicyclic) bond motifs is 5. The molecule has 1 aromatic rings. The SMILES string of the molecule is CCOc1ccc(NC(=O)[C@H](C)N2C(=O)[C@H]3[C@@H]4C[C@H]([C@@H](Br)[C@H]4Br)[C@@H]3C2=O)cc1. The minimum Gasteiger partial charge on any atom is -0.494 e. The minimum atomic E-state index is -0.848. The summed E-state index contributed by atoms with van der Waals surface area (Å²) in [5, 5.41) is 2.79. The van der Waals surface area contributed by atoms with Crippen molar-refractivity contribution in [3.05, 3.63) is 24.3 Å². The van der Waals surface area contributed by atoms with Crippen LogP contribution in [0, 0.1) is 23.7 Å². The lowest BCUT2D eigenvalue weighted by atomic mass is 9.81. The zero-order valence-electron chi connectivity index (χ0n) is 15.6. The Bertz CT molecular complexity index is 783. The normalized spacial score (nSPS) is 34.5. The Morgan fingerprint density at radius 3 is 2.18 bits per heavy atom. The summed E-state index contributed by atoms with van der Waals surface area (Å²) in [7, 11) is 0. The molecule has 2 bridgehead atoms. The van der Waals surface area contributed by atoms with Gasteiger partial charge in [0.15, 0.2) is 0 Å². The van der Waals surface area contributed by atoms with Crippen LogP contribution in [0.4, 0.5) is 5.69 Å². The molecular formula is C20H22Br2N2O4. The van der Waals surface area contributed by atoms with Crippen molar-refractivity contribution >= 4 is 55.3 Å². The Kier molecular flexibility index (Phi) is 5.29. The number of benzene rings is 1. The van der Waals surface area contributed by atoms with Crippen molar-refractivity contribution in [2.75, 3.05) is 11.9 Å². The van der Waals surface area contributed by atoms with Gasteiger partial charge >= 0.3 is 0 Å². The number of likely N-dealkylation sites (tertiary alicyclic amines) is 1. The molecule has 2 saturated carbocycles. The molecule has 28 heavy (non-hydrogen) atoms. The number of anilines is 1. The number of hydrogen-bond acceptors (Lipinski definition) is 4. The van der Waals surface area contributed by atoms with Gasteiger partial charge in [-0.15, -0.1) is 0 Å². The van der Waals surface area contributed by atoms with Crippen molar-refractivity contribution in [1.29, 1.82) is 0 Å². The smallest absolute Gasteiger partial charge is 0.247 e. The third kappa shape index (κ3) is 3.00. The van der Waals surface area contributed by atoms with Gasteiger partial charge in [-0.2, -0.15) is 0 Å². The predicted octanol–water partition coefficient (Wildman–Crippen LogP) is 3.19. The van der Waals surface area contributed by atoms with Gasteiger partial charge in [-0.3, -0.25) is 19.3 Å². The van der Waals surface area contributed by atoms with Crippen molar-refractivity contribution in [2.24, 2.45) is 23.7 Å². The first-order valence-electron chi connectivity index (χ1n) is 9.54. The van der Waals surface area contributed by atoms with Gasteiger partial charge in [-0.25, -0.2) is 0 Å². The maximum absolute atomic E-state index is 13.0. The van der Waals surface area contributed by atoms with E-state index < -0.39 is 6.04 Å². The van der Waals surface area contributed by atoms with Gasteiger partial charge in [-0.05, 0) is 56.4 Å². The van der Waals surface area contributed by atoms with E-state index in [2.05, 4.69) is 37.2 Å². The number of imide groups is 1. The fourth-order valence-electron chi connectivity index (χ4n) is 4.92. The molecule has 3 aliphatic rings. The van der Waals surface area contributed by atoms with Gasteiger partial charge in [0.1, 0.15) is 11.8 Å². The van der Waals surface area contributed by atoms with Gasteiger partial charge in [0.25, 0.3) is 0 Å². The van der Waals surface area contributed by atoms with Crippen LogP contribution in [-0.2, 0) is 14.4 Å². The molecule has 3 amide bonds. The average molecular weight is 514 g/mol. The first-order chi connectivity index (χ1) is 13.3. The van der Waals surface area contributed by atoms with E-state index in [0.29, 0.717) is 12.3 Å². The quantitative estimate of drug-likeness (QED) is 0.484. The van der Waals surface area contributed by atoms with Crippen molar-refractivity contribution in [3.63, 3.8) is 0 Å². The summed E-state index contributed by atoms with van der Waals surface area (Å²) in [4.78, 5) is 40.3. The summed E-state index contributed by atoms with van der Waals surface area (Å²) in [6, 6.07) is 6.17. The summed E-state index contributed by atoms with van der Waals surface area (Å²) >= 11 is 7.35. The van der Waals surface area contributed by atoms with E-state index in [0.717, 1.165) is 12.2 Å². The third-order valence-corrected chi connectivity index (χ3v) is 9.43. The van der Waals surface area contributed by atoms with E-state index in [9.17, 15) is 14.4 Å². The van der Waals surface area contributed by atoms with Crippen LogP contribution in [0.3, 0.4) is 0 Å². The van der Waals surface area contributed by atoms with Crippen LogP contribution in [0.1, 0.15) is 20.3 Å². The Labute approximate surface area is 180 Å². The van der Waals surface area contributed by atoms with Gasteiger partial charge in [0, 0.05) is 15.3 Å². The first-order valence-corrected chi connectivity index (χ1v) is 11.4. The Hall–Kier alpha value is -1.41. The van der Waals surface area contributed by atoms with Crippen LogP contribution >= 0.6 is 31.9 Å². The van der Waals surface area contributed by atoms with Crippen LogP contribution in [-0.4, -0.2) is 44.9 Å². The first kappa shape index (κ1) is 19.9. The summed E-state index contributed by atoms with van der Waals surface area (Å²) < 4.78 is 5.39. The topological polar surface area (TPSA) is 75.7 Å². The lowest BCUT2D eigenvalue weighted by molar-refractivity contribution is -0.146. The standard InChI is InChI=1S/C20H22Br2N2O4/c1-3-28-11-6-4-10(5-7-11)23-18(25)9(2)24-19(26)14-12-8-13(15(14)20(24)27)17(22)16(12)21/h4-7,9,12-17H,3,8H2,1-2H3,(H,23,25)/t9-,12-,13-,14-,15-,16-,17+/m0/s1. The monoisotopic (exact) mass is 512 g/mol. The maximum Gasteiger partial charge on any atom is 0.247 e. The summed E-state index contributed by atoms with van der Waals surface area (Å²) in [5.74, 6) is -0.405. The number of rotatable bonds is 5. The number of carbonyl (C=O) groups is 3. The van der Waals surface area contributed by atoms with Crippen LogP contribution in [0.2, 0.25) is 0 Å². The molecule has 7 atom stereocenters. The average Bonchev–Trinajstić information content (AvgIpc) is 3.28. The molecule has 0 radical (unpaired) electrons. The fourth-order valence-corrected chi connectivity index (χ4v) is 6.79. The van der Waals surface area contributed by atoms with Gasteiger partial charge in [0.2, 0.25) is 17.7 Å². The zero-order valence-corrected chi connectivity index (χ0v) is 18.8. The van der Waals surface area contributed by atoms with Crippen molar-refractivity contribution in [1.82, 2.24) is 4.90 Å². The number of halogens is 2. The van der Waals surface area contributed by atoms with Crippen LogP contribution in [0.25, 0.3) is 0 Å². The molecule has 150 valence electrons. The van der Waals surface area contributed by atoms with Crippen LogP contribution in [0.15, 0.2) is 24.3 Å². The fraction of sp³-hybridized carbons (Fsp3) is 0.550. The summed E-state index contributed by atoms with van der Waals surface area (Å²) in [5.41, 5.74) is 0.598. The van der Waals surface area contributed by atoms with E-state index in [1.165, 1.54) is 4.90 Å². The largest absolute Gasteiger partial charge is 0.494 e. The second-order valence-electron chi connectivity index (χ2n) is 7.67. The highest BCUT2D eigenvalue weighted by atomic mass is 79.9. The van der Waals surface area contributed by atoms with Gasteiger partial charge in [0.05, 0.1) is 18.4 Å². The molecule has 3 fully saturated rings. The zero-order chi connectivity index (χ0) is 20.2. The highest BCUT2D eigenvalue weighted by Gasteiger charge is 2.67.